The molecule has 0 saturated carbocycles. The van der Waals surface area contributed by atoms with Crippen LogP contribution in [-0.2, 0) is 11.3 Å². The Kier molecular flexibility index (Phi) is 5.78. The molecule has 8 heteroatoms. The Morgan fingerprint density at radius 1 is 1.14 bits per heavy atom. The first-order valence-electron chi connectivity index (χ1n) is 9.66. The summed E-state index contributed by atoms with van der Waals surface area (Å²) < 4.78 is 16.2. The summed E-state index contributed by atoms with van der Waals surface area (Å²) in [7, 11) is 1.69. The summed E-state index contributed by atoms with van der Waals surface area (Å²) in [5.41, 5.74) is 1.56. The lowest BCUT2D eigenvalue weighted by Gasteiger charge is -2.35. The summed E-state index contributed by atoms with van der Waals surface area (Å²) in [5.74, 6) is 1.38. The lowest BCUT2D eigenvalue weighted by Crippen LogP contribution is -2.46. The molecule has 0 radical (unpaired) electrons. The SMILES string of the molecule is COc1cccc(N2CCN(Cc3nc(C(=O)N4CCOCC4)co3)CC2)c1. The smallest absolute Gasteiger partial charge is 0.275 e. The number of ether oxygens (including phenoxy) is 2. The summed E-state index contributed by atoms with van der Waals surface area (Å²) in [6.07, 6.45) is 1.47. The number of nitrogens with zero attached hydrogens (tertiary/aromatic N) is 4. The summed E-state index contributed by atoms with van der Waals surface area (Å²) in [5, 5.41) is 0. The van der Waals surface area contributed by atoms with Crippen molar-refractivity contribution in [2.45, 2.75) is 6.54 Å². The van der Waals surface area contributed by atoms with Crippen LogP contribution in [0.1, 0.15) is 16.4 Å². The van der Waals surface area contributed by atoms with Gasteiger partial charge in [0, 0.05) is 51.0 Å². The predicted octanol–water partition coefficient (Wildman–Crippen LogP) is 1.48. The van der Waals surface area contributed by atoms with E-state index in [-0.39, 0.29) is 5.91 Å². The van der Waals surface area contributed by atoms with Gasteiger partial charge in [-0.05, 0) is 12.1 Å². The molecule has 1 amide bonds. The molecule has 4 rings (SSSR count). The van der Waals surface area contributed by atoms with E-state index in [4.69, 9.17) is 13.9 Å². The fourth-order valence-corrected chi connectivity index (χ4v) is 3.57. The molecule has 0 atom stereocenters. The van der Waals surface area contributed by atoms with E-state index in [1.165, 1.54) is 12.0 Å². The van der Waals surface area contributed by atoms with Gasteiger partial charge in [0.15, 0.2) is 5.69 Å². The third kappa shape index (κ3) is 4.28. The third-order valence-electron chi connectivity index (χ3n) is 5.22. The molecule has 2 aliphatic heterocycles. The van der Waals surface area contributed by atoms with Crippen LogP contribution in [0.25, 0.3) is 0 Å². The van der Waals surface area contributed by atoms with Crippen molar-refractivity contribution in [1.82, 2.24) is 14.8 Å². The van der Waals surface area contributed by atoms with E-state index < -0.39 is 0 Å². The molecular formula is C20H26N4O4. The second-order valence-electron chi connectivity index (χ2n) is 7.00. The maximum atomic E-state index is 12.5. The number of methoxy groups -OCH3 is 1. The van der Waals surface area contributed by atoms with E-state index in [1.807, 2.05) is 12.1 Å². The normalized spacial score (nSPS) is 18.3. The number of amides is 1. The van der Waals surface area contributed by atoms with Crippen molar-refractivity contribution < 1.29 is 18.7 Å². The molecule has 1 aromatic heterocycles. The Balaban J connectivity index is 1.30. The molecule has 0 unspecified atom stereocenters. The molecule has 150 valence electrons. The summed E-state index contributed by atoms with van der Waals surface area (Å²) in [6.45, 7) is 6.64. The minimum atomic E-state index is -0.0823. The van der Waals surface area contributed by atoms with Gasteiger partial charge < -0.3 is 23.7 Å². The minimum Gasteiger partial charge on any atom is -0.497 e. The number of aromatic nitrogens is 1. The fraction of sp³-hybridized carbons (Fsp3) is 0.500. The van der Waals surface area contributed by atoms with Crippen LogP contribution in [0.5, 0.6) is 5.75 Å². The van der Waals surface area contributed by atoms with Gasteiger partial charge in [0.05, 0.1) is 26.9 Å². The number of hydrogen-bond acceptors (Lipinski definition) is 7. The average molecular weight is 386 g/mol. The quantitative estimate of drug-likeness (QED) is 0.771. The number of benzene rings is 1. The zero-order valence-corrected chi connectivity index (χ0v) is 16.2. The van der Waals surface area contributed by atoms with Crippen LogP contribution in [0.3, 0.4) is 0 Å². The second-order valence-corrected chi connectivity index (χ2v) is 7.00. The Hall–Kier alpha value is -2.58. The van der Waals surface area contributed by atoms with Crippen molar-refractivity contribution in [3.05, 3.63) is 42.1 Å². The Morgan fingerprint density at radius 2 is 1.93 bits per heavy atom. The minimum absolute atomic E-state index is 0.0823. The standard InChI is InChI=1S/C20H26N4O4/c1-26-17-4-2-3-16(13-17)23-7-5-22(6-8-23)14-19-21-18(15-28-19)20(25)24-9-11-27-12-10-24/h2-4,13,15H,5-12,14H2,1H3. The van der Waals surface area contributed by atoms with Crippen LogP contribution in [0.2, 0.25) is 0 Å². The number of piperazine rings is 1. The van der Waals surface area contributed by atoms with Crippen LogP contribution in [-0.4, -0.2) is 80.3 Å². The highest BCUT2D eigenvalue weighted by Crippen LogP contribution is 2.22. The van der Waals surface area contributed by atoms with Gasteiger partial charge >= 0.3 is 0 Å². The number of carbonyl (C=O) groups excluding carboxylic acids is 1. The van der Waals surface area contributed by atoms with E-state index in [9.17, 15) is 4.79 Å². The fourth-order valence-electron chi connectivity index (χ4n) is 3.57. The lowest BCUT2D eigenvalue weighted by molar-refractivity contribution is 0.0299. The van der Waals surface area contributed by atoms with Gasteiger partial charge in [-0.2, -0.15) is 0 Å². The first kappa shape index (κ1) is 18.8. The van der Waals surface area contributed by atoms with Crippen LogP contribution < -0.4 is 9.64 Å². The van der Waals surface area contributed by atoms with E-state index in [2.05, 4.69) is 26.9 Å². The van der Waals surface area contributed by atoms with E-state index >= 15 is 0 Å². The Labute approximate surface area is 164 Å². The maximum absolute atomic E-state index is 12.5. The first-order chi connectivity index (χ1) is 13.7. The Morgan fingerprint density at radius 3 is 2.68 bits per heavy atom. The first-order valence-corrected chi connectivity index (χ1v) is 9.66. The second kappa shape index (κ2) is 8.62. The van der Waals surface area contributed by atoms with Crippen molar-refractivity contribution in [1.29, 1.82) is 0 Å². The van der Waals surface area contributed by atoms with Crippen molar-refractivity contribution in [2.24, 2.45) is 0 Å². The average Bonchev–Trinajstić information content (AvgIpc) is 3.23. The van der Waals surface area contributed by atoms with E-state index in [1.54, 1.807) is 12.0 Å². The molecule has 0 spiro atoms. The van der Waals surface area contributed by atoms with Gasteiger partial charge in [0.1, 0.15) is 12.0 Å². The van der Waals surface area contributed by atoms with Gasteiger partial charge in [-0.25, -0.2) is 4.98 Å². The monoisotopic (exact) mass is 386 g/mol. The molecule has 8 nitrogen and oxygen atoms in total. The molecule has 2 fully saturated rings. The highest BCUT2D eigenvalue weighted by Gasteiger charge is 2.23. The molecule has 0 N–H and O–H groups in total. The van der Waals surface area contributed by atoms with Crippen molar-refractivity contribution >= 4 is 11.6 Å². The van der Waals surface area contributed by atoms with E-state index in [0.717, 1.165) is 31.9 Å². The molecule has 2 saturated heterocycles. The van der Waals surface area contributed by atoms with Crippen molar-refractivity contribution in [2.75, 3.05) is 64.5 Å². The lowest BCUT2D eigenvalue weighted by atomic mass is 10.2. The summed E-state index contributed by atoms with van der Waals surface area (Å²) in [4.78, 5) is 23.3. The molecular weight excluding hydrogens is 360 g/mol. The molecule has 2 aromatic rings. The number of rotatable bonds is 5. The van der Waals surface area contributed by atoms with Crippen molar-refractivity contribution in [3.63, 3.8) is 0 Å². The topological polar surface area (TPSA) is 71.3 Å². The van der Waals surface area contributed by atoms with Crippen LogP contribution in [0.15, 0.2) is 34.9 Å². The maximum Gasteiger partial charge on any atom is 0.275 e. The van der Waals surface area contributed by atoms with Gasteiger partial charge in [0.25, 0.3) is 5.91 Å². The molecule has 2 aliphatic rings. The number of oxazole rings is 1. The highest BCUT2D eigenvalue weighted by atomic mass is 16.5. The summed E-state index contributed by atoms with van der Waals surface area (Å²) >= 11 is 0. The number of hydrogen-bond donors (Lipinski definition) is 0. The number of morpholine rings is 1. The van der Waals surface area contributed by atoms with Gasteiger partial charge in [-0.15, -0.1) is 0 Å². The van der Waals surface area contributed by atoms with Gasteiger partial charge in [-0.3, -0.25) is 9.69 Å². The van der Waals surface area contributed by atoms with Crippen molar-refractivity contribution in [3.8, 4) is 5.75 Å². The zero-order valence-electron chi connectivity index (χ0n) is 16.2. The summed E-state index contributed by atoms with van der Waals surface area (Å²) in [6, 6.07) is 8.14. The third-order valence-corrected chi connectivity index (χ3v) is 5.22. The predicted molar refractivity (Wildman–Crippen MR) is 104 cm³/mol. The number of anilines is 1. The van der Waals surface area contributed by atoms with Crippen LogP contribution >= 0.6 is 0 Å². The number of carbonyl (C=O) groups is 1. The zero-order chi connectivity index (χ0) is 19.3. The van der Waals surface area contributed by atoms with E-state index in [0.29, 0.717) is 44.4 Å². The largest absolute Gasteiger partial charge is 0.497 e. The highest BCUT2D eigenvalue weighted by molar-refractivity contribution is 5.92. The van der Waals surface area contributed by atoms with Gasteiger partial charge in [-0.1, -0.05) is 6.07 Å². The molecule has 28 heavy (non-hydrogen) atoms. The molecule has 0 aliphatic carbocycles. The van der Waals surface area contributed by atoms with Crippen LogP contribution in [0.4, 0.5) is 5.69 Å². The molecule has 3 heterocycles. The molecule has 1 aromatic carbocycles. The molecule has 0 bridgehead atoms. The van der Waals surface area contributed by atoms with Gasteiger partial charge in [0.2, 0.25) is 5.89 Å². The Bertz CT molecular complexity index is 795. The van der Waals surface area contributed by atoms with Crippen LogP contribution in [0, 0.1) is 0 Å².